The third-order valence-electron chi connectivity index (χ3n) is 6.65. The lowest BCUT2D eigenvalue weighted by molar-refractivity contribution is 0.0185. The van der Waals surface area contributed by atoms with E-state index < -0.39 is 18.3 Å². The van der Waals surface area contributed by atoms with Crippen LogP contribution in [0.5, 0.6) is 5.75 Å². The zero-order valence-corrected chi connectivity index (χ0v) is 20.7. The van der Waals surface area contributed by atoms with Crippen LogP contribution in [0, 0.1) is 0 Å². The van der Waals surface area contributed by atoms with Crippen LogP contribution in [0.25, 0.3) is 11.1 Å². The molecule has 0 bridgehead atoms. The zero-order valence-electron chi connectivity index (χ0n) is 20.7. The molecule has 2 unspecified atom stereocenters. The van der Waals surface area contributed by atoms with Crippen molar-refractivity contribution in [1.82, 2.24) is 5.32 Å². The second-order valence-corrected chi connectivity index (χ2v) is 9.20. The van der Waals surface area contributed by atoms with E-state index in [0.717, 1.165) is 40.8 Å². The number of hydrogen-bond acceptors (Lipinski definition) is 5. The molecule has 0 spiro atoms. The van der Waals surface area contributed by atoms with E-state index in [1.54, 1.807) is 24.3 Å². The number of alkyl carbamates (subject to hydrolysis) is 1. The molecule has 6 nitrogen and oxygen atoms in total. The van der Waals surface area contributed by atoms with Crippen LogP contribution < -0.4 is 10.1 Å². The third-order valence-corrected chi connectivity index (χ3v) is 6.65. The predicted octanol–water partition coefficient (Wildman–Crippen LogP) is 5.58. The second-order valence-electron chi connectivity index (χ2n) is 9.20. The van der Waals surface area contributed by atoms with Gasteiger partial charge in [-0.1, -0.05) is 86.8 Å². The Morgan fingerprint density at radius 2 is 1.53 bits per heavy atom. The summed E-state index contributed by atoms with van der Waals surface area (Å²) < 4.78 is 11.2. The molecule has 0 saturated carbocycles. The van der Waals surface area contributed by atoms with Crippen molar-refractivity contribution in [2.75, 3.05) is 19.8 Å². The number of ether oxygens (including phenoxy) is 2. The summed E-state index contributed by atoms with van der Waals surface area (Å²) in [6.45, 7) is 2.90. The maximum Gasteiger partial charge on any atom is 0.407 e. The molecule has 6 heteroatoms. The Hall–Kier alpha value is -3.35. The van der Waals surface area contributed by atoms with Crippen LogP contribution >= 0.6 is 0 Å². The van der Waals surface area contributed by atoms with E-state index in [0.29, 0.717) is 12.2 Å². The first-order valence-electron chi connectivity index (χ1n) is 12.8. The van der Waals surface area contributed by atoms with Gasteiger partial charge in [-0.05, 0) is 46.4 Å². The zero-order chi connectivity index (χ0) is 25.3. The summed E-state index contributed by atoms with van der Waals surface area (Å²) >= 11 is 0. The Morgan fingerprint density at radius 3 is 2.17 bits per heavy atom. The van der Waals surface area contributed by atoms with E-state index in [1.165, 1.54) is 12.8 Å². The first-order valence-corrected chi connectivity index (χ1v) is 12.8. The summed E-state index contributed by atoms with van der Waals surface area (Å²) in [5, 5.41) is 23.5. The number of unbranched alkanes of at least 4 members (excludes halogenated alkanes) is 3. The van der Waals surface area contributed by atoms with E-state index in [4.69, 9.17) is 9.47 Å². The van der Waals surface area contributed by atoms with Crippen LogP contribution in [0.2, 0.25) is 0 Å². The van der Waals surface area contributed by atoms with E-state index in [2.05, 4.69) is 36.5 Å². The van der Waals surface area contributed by atoms with E-state index >= 15 is 0 Å². The second kappa shape index (κ2) is 12.6. The Balaban J connectivity index is 1.23. The normalized spacial score (nSPS) is 14.0. The van der Waals surface area contributed by atoms with Crippen LogP contribution in [0.4, 0.5) is 4.79 Å². The molecule has 0 aromatic heterocycles. The molecule has 3 aromatic carbocycles. The number of benzene rings is 3. The van der Waals surface area contributed by atoms with E-state index in [9.17, 15) is 15.0 Å². The van der Waals surface area contributed by atoms with Crippen LogP contribution in [-0.4, -0.2) is 42.2 Å². The van der Waals surface area contributed by atoms with Crippen LogP contribution in [0.3, 0.4) is 0 Å². The van der Waals surface area contributed by atoms with E-state index in [-0.39, 0.29) is 19.1 Å². The van der Waals surface area contributed by atoms with Crippen molar-refractivity contribution in [3.8, 4) is 16.9 Å². The highest BCUT2D eigenvalue weighted by atomic mass is 16.5. The van der Waals surface area contributed by atoms with Gasteiger partial charge in [0.25, 0.3) is 0 Å². The lowest BCUT2D eigenvalue weighted by atomic mass is 9.98. The van der Waals surface area contributed by atoms with Gasteiger partial charge in [-0.15, -0.1) is 0 Å². The molecule has 1 aliphatic carbocycles. The van der Waals surface area contributed by atoms with Gasteiger partial charge in [0.2, 0.25) is 0 Å². The number of rotatable bonds is 12. The van der Waals surface area contributed by atoms with Gasteiger partial charge >= 0.3 is 6.09 Å². The molecule has 0 fully saturated rings. The molecule has 0 saturated heterocycles. The van der Waals surface area contributed by atoms with Gasteiger partial charge in [-0.2, -0.15) is 0 Å². The fraction of sp³-hybridized carbons (Fsp3) is 0.367. The minimum absolute atomic E-state index is 0.0361. The standard InChI is InChI=1S/C30H35NO5/c1-2-3-4-9-18-35-22-16-14-21(15-17-22)29(33)28(32)19-31-30(34)36-20-27-25-12-7-5-10-23(25)24-11-6-8-13-26(24)27/h5-8,10-17,27-29,32-33H,2-4,9,18-20H2,1H3,(H,31,34). The minimum atomic E-state index is -1.17. The molecule has 0 heterocycles. The minimum Gasteiger partial charge on any atom is -0.494 e. The summed E-state index contributed by atoms with van der Waals surface area (Å²) in [5.74, 6) is 0.694. The Kier molecular flexibility index (Phi) is 8.98. The number of aliphatic hydroxyl groups excluding tert-OH is 2. The van der Waals surface area contributed by atoms with Gasteiger partial charge < -0.3 is 25.0 Å². The molecule has 0 radical (unpaired) electrons. The highest BCUT2D eigenvalue weighted by molar-refractivity contribution is 5.79. The smallest absolute Gasteiger partial charge is 0.407 e. The molecule has 0 aliphatic heterocycles. The monoisotopic (exact) mass is 489 g/mol. The maximum absolute atomic E-state index is 12.4. The summed E-state index contributed by atoms with van der Waals surface area (Å²) in [6.07, 6.45) is 1.61. The number of nitrogens with one attached hydrogen (secondary N) is 1. The van der Waals surface area contributed by atoms with Crippen molar-refractivity contribution in [2.24, 2.45) is 0 Å². The first-order chi connectivity index (χ1) is 17.6. The fourth-order valence-electron chi connectivity index (χ4n) is 4.65. The van der Waals surface area contributed by atoms with Gasteiger partial charge in [0.1, 0.15) is 24.6 Å². The van der Waals surface area contributed by atoms with Crippen LogP contribution in [0.15, 0.2) is 72.8 Å². The van der Waals surface area contributed by atoms with Gasteiger partial charge in [-0.3, -0.25) is 0 Å². The van der Waals surface area contributed by atoms with Gasteiger partial charge in [0.15, 0.2) is 0 Å². The highest BCUT2D eigenvalue weighted by Crippen LogP contribution is 2.44. The van der Waals surface area contributed by atoms with Crippen molar-refractivity contribution in [1.29, 1.82) is 0 Å². The predicted molar refractivity (Wildman–Crippen MR) is 140 cm³/mol. The maximum atomic E-state index is 12.4. The Morgan fingerprint density at radius 1 is 0.889 bits per heavy atom. The van der Waals surface area contributed by atoms with Gasteiger partial charge in [0.05, 0.1) is 6.61 Å². The van der Waals surface area contributed by atoms with E-state index in [1.807, 2.05) is 24.3 Å². The lowest BCUT2D eigenvalue weighted by Crippen LogP contribution is -2.36. The Bertz CT molecular complexity index is 1080. The number of carbonyl (C=O) groups excluding carboxylic acids is 1. The molecule has 1 aliphatic rings. The summed E-state index contributed by atoms with van der Waals surface area (Å²) in [4.78, 5) is 12.4. The van der Waals surface area contributed by atoms with Crippen molar-refractivity contribution < 1.29 is 24.5 Å². The molecular weight excluding hydrogens is 454 g/mol. The number of amides is 1. The number of hydrogen-bond donors (Lipinski definition) is 3. The van der Waals surface area contributed by atoms with Crippen molar-refractivity contribution >= 4 is 6.09 Å². The van der Waals surface area contributed by atoms with Crippen molar-refractivity contribution in [3.05, 3.63) is 89.5 Å². The molecule has 36 heavy (non-hydrogen) atoms. The molecule has 4 rings (SSSR count). The summed E-state index contributed by atoms with van der Waals surface area (Å²) in [6, 6.07) is 23.3. The average molecular weight is 490 g/mol. The topological polar surface area (TPSA) is 88.0 Å². The summed E-state index contributed by atoms with van der Waals surface area (Å²) in [7, 11) is 0. The quantitative estimate of drug-likeness (QED) is 0.289. The molecule has 190 valence electrons. The van der Waals surface area contributed by atoms with Crippen molar-refractivity contribution in [3.63, 3.8) is 0 Å². The van der Waals surface area contributed by atoms with Crippen LogP contribution in [0.1, 0.15) is 61.3 Å². The largest absolute Gasteiger partial charge is 0.494 e. The number of carbonyl (C=O) groups is 1. The lowest BCUT2D eigenvalue weighted by Gasteiger charge is -2.19. The average Bonchev–Trinajstić information content (AvgIpc) is 3.24. The fourth-order valence-corrected chi connectivity index (χ4v) is 4.65. The van der Waals surface area contributed by atoms with Gasteiger partial charge in [0, 0.05) is 12.5 Å². The number of aliphatic hydroxyl groups is 2. The van der Waals surface area contributed by atoms with Crippen molar-refractivity contribution in [2.45, 2.75) is 50.7 Å². The molecule has 1 amide bonds. The number of fused-ring (bicyclic) bond motifs is 3. The SMILES string of the molecule is CCCCCCOc1ccc(C(O)C(O)CNC(=O)OCC2c3ccccc3-c3ccccc32)cc1. The highest BCUT2D eigenvalue weighted by Gasteiger charge is 2.29. The molecule has 2 atom stereocenters. The Labute approximate surface area is 212 Å². The van der Waals surface area contributed by atoms with Gasteiger partial charge in [-0.25, -0.2) is 4.79 Å². The molecular formula is C30H35NO5. The van der Waals surface area contributed by atoms with Crippen LogP contribution in [-0.2, 0) is 4.74 Å². The molecule has 3 N–H and O–H groups in total. The summed E-state index contributed by atoms with van der Waals surface area (Å²) in [5.41, 5.74) is 5.14. The molecule has 3 aromatic rings. The third kappa shape index (κ3) is 6.25. The first kappa shape index (κ1) is 25.7.